The van der Waals surface area contributed by atoms with E-state index in [9.17, 15) is 14.7 Å². The van der Waals surface area contributed by atoms with E-state index in [4.69, 9.17) is 0 Å². The molecule has 1 amide bonds. The lowest BCUT2D eigenvalue weighted by Gasteiger charge is -2.16. The van der Waals surface area contributed by atoms with Crippen molar-refractivity contribution in [2.45, 2.75) is 19.3 Å². The summed E-state index contributed by atoms with van der Waals surface area (Å²) in [6.45, 7) is 2.25. The Morgan fingerprint density at radius 2 is 2.05 bits per heavy atom. The molecule has 1 aliphatic rings. The van der Waals surface area contributed by atoms with Gasteiger partial charge in [-0.25, -0.2) is 0 Å². The molecule has 0 spiro atoms. The van der Waals surface area contributed by atoms with Crippen LogP contribution >= 0.6 is 11.3 Å². The van der Waals surface area contributed by atoms with Crippen molar-refractivity contribution in [2.75, 3.05) is 11.4 Å². The number of carbonyl (C=O) groups excluding carboxylic acids is 1. The molecule has 0 saturated carbocycles. The molecule has 0 aliphatic carbocycles. The Morgan fingerprint density at radius 3 is 2.71 bits per heavy atom. The molecule has 1 atom stereocenters. The third-order valence-corrected chi connectivity index (χ3v) is 4.95. The number of fused-ring (bicyclic) bond motifs is 1. The first-order chi connectivity index (χ1) is 10.1. The van der Waals surface area contributed by atoms with Crippen LogP contribution in [0, 0.1) is 0 Å². The van der Waals surface area contributed by atoms with Crippen molar-refractivity contribution in [1.29, 1.82) is 0 Å². The van der Waals surface area contributed by atoms with Crippen LogP contribution in [0.15, 0.2) is 36.4 Å². The van der Waals surface area contributed by atoms with Crippen molar-refractivity contribution in [2.24, 2.45) is 0 Å². The standard InChI is InChI=1S/C16H15NO3S/c1-2-10-7-8-14(21-10)15(18)17-9-12(16(19)20)11-5-3-4-6-13(11)17/h3-8,12H,2,9H2,1H3,(H,19,20). The Bertz CT molecular complexity index is 707. The first-order valence-electron chi connectivity index (χ1n) is 6.84. The van der Waals surface area contributed by atoms with Crippen LogP contribution in [0.2, 0.25) is 0 Å². The fourth-order valence-corrected chi connectivity index (χ4v) is 3.52. The molecule has 3 rings (SSSR count). The molecule has 108 valence electrons. The summed E-state index contributed by atoms with van der Waals surface area (Å²) < 4.78 is 0. The van der Waals surface area contributed by atoms with Gasteiger partial charge in [-0.3, -0.25) is 9.59 Å². The molecule has 0 radical (unpaired) electrons. The van der Waals surface area contributed by atoms with E-state index in [0.29, 0.717) is 16.1 Å². The second-order valence-corrected chi connectivity index (χ2v) is 6.15. The molecule has 1 aliphatic heterocycles. The van der Waals surface area contributed by atoms with Gasteiger partial charge in [0.1, 0.15) is 5.92 Å². The van der Waals surface area contributed by atoms with Gasteiger partial charge in [0, 0.05) is 17.1 Å². The Kier molecular flexibility index (Phi) is 3.51. The van der Waals surface area contributed by atoms with Gasteiger partial charge in [-0.15, -0.1) is 11.3 Å². The number of benzene rings is 1. The number of amides is 1. The summed E-state index contributed by atoms with van der Waals surface area (Å²) in [7, 11) is 0. The van der Waals surface area contributed by atoms with E-state index in [1.807, 2.05) is 37.3 Å². The van der Waals surface area contributed by atoms with Gasteiger partial charge in [0.05, 0.1) is 4.88 Å². The fraction of sp³-hybridized carbons (Fsp3) is 0.250. The summed E-state index contributed by atoms with van der Waals surface area (Å²) in [5, 5.41) is 9.34. The topological polar surface area (TPSA) is 57.6 Å². The number of para-hydroxylation sites is 1. The van der Waals surface area contributed by atoms with Gasteiger partial charge in [-0.1, -0.05) is 25.1 Å². The molecule has 4 nitrogen and oxygen atoms in total. The minimum Gasteiger partial charge on any atom is -0.481 e. The molecule has 1 aromatic heterocycles. The number of carboxylic acid groups (broad SMARTS) is 1. The largest absolute Gasteiger partial charge is 0.481 e. The smallest absolute Gasteiger partial charge is 0.312 e. The normalized spacial score (nSPS) is 16.8. The average Bonchev–Trinajstić information content (AvgIpc) is 3.11. The van der Waals surface area contributed by atoms with Crippen LogP contribution in [0.5, 0.6) is 0 Å². The van der Waals surface area contributed by atoms with Crippen molar-refractivity contribution in [3.63, 3.8) is 0 Å². The van der Waals surface area contributed by atoms with Gasteiger partial charge < -0.3 is 10.0 Å². The van der Waals surface area contributed by atoms with Gasteiger partial charge >= 0.3 is 5.97 Å². The molecule has 2 heterocycles. The lowest BCUT2D eigenvalue weighted by molar-refractivity contribution is -0.138. The molecular weight excluding hydrogens is 286 g/mol. The van der Waals surface area contributed by atoms with Crippen LogP contribution in [-0.4, -0.2) is 23.5 Å². The van der Waals surface area contributed by atoms with Crippen LogP contribution in [0.3, 0.4) is 0 Å². The van der Waals surface area contributed by atoms with Crippen LogP contribution in [0.4, 0.5) is 5.69 Å². The molecule has 1 aromatic carbocycles. The number of aliphatic carboxylic acids is 1. The molecular formula is C16H15NO3S. The number of hydrogen-bond donors (Lipinski definition) is 1. The van der Waals surface area contributed by atoms with Crippen LogP contribution in [0.1, 0.15) is 33.0 Å². The number of nitrogens with zero attached hydrogens (tertiary/aromatic N) is 1. The van der Waals surface area contributed by atoms with E-state index >= 15 is 0 Å². The first kappa shape index (κ1) is 13.8. The fourth-order valence-electron chi connectivity index (χ4n) is 2.63. The van der Waals surface area contributed by atoms with E-state index < -0.39 is 11.9 Å². The molecule has 1 N–H and O–H groups in total. The SMILES string of the molecule is CCc1ccc(C(=O)N2CC(C(=O)O)c3ccccc32)s1. The second kappa shape index (κ2) is 5.33. The number of thiophene rings is 1. The lowest BCUT2D eigenvalue weighted by atomic mass is 10.0. The van der Waals surface area contributed by atoms with E-state index in [1.165, 1.54) is 11.3 Å². The highest BCUT2D eigenvalue weighted by Gasteiger charge is 2.36. The highest BCUT2D eigenvalue weighted by atomic mass is 32.1. The maximum absolute atomic E-state index is 12.7. The lowest BCUT2D eigenvalue weighted by Crippen LogP contribution is -2.30. The minimum absolute atomic E-state index is 0.115. The van der Waals surface area contributed by atoms with E-state index in [2.05, 4.69) is 0 Å². The minimum atomic E-state index is -0.891. The monoisotopic (exact) mass is 301 g/mol. The second-order valence-electron chi connectivity index (χ2n) is 4.98. The van der Waals surface area contributed by atoms with E-state index in [0.717, 1.165) is 11.3 Å². The van der Waals surface area contributed by atoms with Gasteiger partial charge in [-0.2, -0.15) is 0 Å². The van der Waals surface area contributed by atoms with Crippen LogP contribution < -0.4 is 4.90 Å². The summed E-state index contributed by atoms with van der Waals surface area (Å²) in [4.78, 5) is 27.4. The van der Waals surface area contributed by atoms with Gasteiger partial charge in [0.15, 0.2) is 0 Å². The summed E-state index contributed by atoms with van der Waals surface area (Å²) >= 11 is 1.47. The van der Waals surface area contributed by atoms with Crippen LogP contribution in [0.25, 0.3) is 0 Å². The molecule has 0 saturated heterocycles. The summed E-state index contributed by atoms with van der Waals surface area (Å²) in [5.74, 6) is -1.65. The number of rotatable bonds is 3. The van der Waals surface area contributed by atoms with E-state index in [1.54, 1.807) is 11.0 Å². The van der Waals surface area contributed by atoms with Crippen molar-refractivity contribution >= 4 is 28.9 Å². The van der Waals surface area contributed by atoms with Crippen molar-refractivity contribution in [3.8, 4) is 0 Å². The molecule has 0 fully saturated rings. The van der Waals surface area contributed by atoms with Crippen molar-refractivity contribution in [3.05, 3.63) is 51.7 Å². The quantitative estimate of drug-likeness (QED) is 0.947. The number of anilines is 1. The maximum Gasteiger partial charge on any atom is 0.312 e. The number of carboxylic acids is 1. The summed E-state index contributed by atoms with van der Waals surface area (Å²) in [6.07, 6.45) is 0.895. The number of carbonyl (C=O) groups is 2. The summed E-state index contributed by atoms with van der Waals surface area (Å²) in [6, 6.07) is 11.0. The van der Waals surface area contributed by atoms with Crippen molar-refractivity contribution in [1.82, 2.24) is 0 Å². The average molecular weight is 301 g/mol. The zero-order valence-corrected chi connectivity index (χ0v) is 12.4. The highest BCUT2D eigenvalue weighted by molar-refractivity contribution is 7.14. The predicted molar refractivity (Wildman–Crippen MR) is 82.2 cm³/mol. The zero-order valence-electron chi connectivity index (χ0n) is 11.6. The Hall–Kier alpha value is -2.14. The first-order valence-corrected chi connectivity index (χ1v) is 7.65. The Balaban J connectivity index is 1.96. The number of aryl methyl sites for hydroxylation is 1. The van der Waals surface area contributed by atoms with Gasteiger partial charge in [-0.05, 0) is 30.2 Å². The van der Waals surface area contributed by atoms with Crippen LogP contribution in [-0.2, 0) is 11.2 Å². The third-order valence-electron chi connectivity index (χ3n) is 3.73. The molecule has 21 heavy (non-hydrogen) atoms. The van der Waals surface area contributed by atoms with E-state index in [-0.39, 0.29) is 12.5 Å². The molecule has 5 heteroatoms. The summed E-state index contributed by atoms with van der Waals surface area (Å²) in [5.41, 5.74) is 1.42. The highest BCUT2D eigenvalue weighted by Crippen LogP contribution is 2.37. The predicted octanol–water partition coefficient (Wildman–Crippen LogP) is 3.14. The molecule has 2 aromatic rings. The zero-order chi connectivity index (χ0) is 15.0. The Morgan fingerprint density at radius 1 is 1.29 bits per heavy atom. The van der Waals surface area contributed by atoms with Gasteiger partial charge in [0.2, 0.25) is 0 Å². The van der Waals surface area contributed by atoms with Crippen molar-refractivity contribution < 1.29 is 14.7 Å². The maximum atomic E-state index is 12.7. The number of hydrogen-bond acceptors (Lipinski definition) is 3. The molecule has 1 unspecified atom stereocenters. The Labute approximate surface area is 126 Å². The van der Waals surface area contributed by atoms with Gasteiger partial charge in [0.25, 0.3) is 5.91 Å². The third kappa shape index (κ3) is 2.34. The molecule has 0 bridgehead atoms.